The molecule has 0 saturated carbocycles. The number of ether oxygens (including phenoxy) is 2. The molecule has 1 unspecified atom stereocenters. The maximum atomic E-state index is 12.0. The van der Waals surface area contributed by atoms with Crippen LogP contribution in [-0.2, 0) is 4.74 Å². The van der Waals surface area contributed by atoms with Gasteiger partial charge in [0.2, 0.25) is 0 Å². The lowest BCUT2D eigenvalue weighted by molar-refractivity contribution is 0.0284. The molecule has 0 aromatic heterocycles. The first-order valence-electron chi connectivity index (χ1n) is 8.21. The highest BCUT2D eigenvalue weighted by molar-refractivity contribution is 5.94. The maximum absolute atomic E-state index is 12.0. The largest absolute Gasteiger partial charge is 0.493 e. The van der Waals surface area contributed by atoms with E-state index in [0.29, 0.717) is 25.3 Å². The van der Waals surface area contributed by atoms with Gasteiger partial charge in [-0.15, -0.1) is 0 Å². The molecule has 132 valence electrons. The second-order valence-corrected chi connectivity index (χ2v) is 7.00. The molecule has 1 aliphatic heterocycles. The zero-order valence-electron chi connectivity index (χ0n) is 14.8. The summed E-state index contributed by atoms with van der Waals surface area (Å²) >= 11 is 0. The summed E-state index contributed by atoms with van der Waals surface area (Å²) in [5.74, 6) is 0.889. The lowest BCUT2D eigenvalue weighted by Gasteiger charge is -2.24. The van der Waals surface area contributed by atoms with Gasteiger partial charge in [-0.3, -0.25) is 4.79 Å². The molecule has 0 bridgehead atoms. The Morgan fingerprint density at radius 2 is 1.92 bits per heavy atom. The van der Waals surface area contributed by atoms with E-state index in [1.165, 1.54) is 0 Å². The predicted molar refractivity (Wildman–Crippen MR) is 91.2 cm³/mol. The van der Waals surface area contributed by atoms with Crippen LogP contribution >= 0.6 is 0 Å². The summed E-state index contributed by atoms with van der Waals surface area (Å²) < 4.78 is 11.2. The number of benzene rings is 1. The maximum Gasteiger partial charge on any atom is 0.410 e. The topological polar surface area (TPSA) is 67.9 Å². The van der Waals surface area contributed by atoms with Gasteiger partial charge in [-0.05, 0) is 51.5 Å². The van der Waals surface area contributed by atoms with Crippen molar-refractivity contribution in [3.63, 3.8) is 0 Å². The van der Waals surface area contributed by atoms with Gasteiger partial charge in [-0.25, -0.2) is 4.79 Å². The molecule has 1 heterocycles. The summed E-state index contributed by atoms with van der Waals surface area (Å²) in [5, 5.41) is 2.58. The smallest absolute Gasteiger partial charge is 0.410 e. The molecule has 0 aliphatic carbocycles. The molecule has 0 radical (unpaired) electrons. The minimum Gasteiger partial charge on any atom is -0.493 e. The summed E-state index contributed by atoms with van der Waals surface area (Å²) in [6, 6.07) is 7.03. The van der Waals surface area contributed by atoms with Crippen LogP contribution < -0.4 is 10.1 Å². The lowest BCUT2D eigenvalue weighted by atomic mass is 10.1. The number of likely N-dealkylation sites (tertiary alicyclic amines) is 1. The van der Waals surface area contributed by atoms with E-state index in [1.54, 1.807) is 36.2 Å². The molecule has 1 saturated heterocycles. The van der Waals surface area contributed by atoms with E-state index in [1.807, 2.05) is 20.8 Å². The molecular weight excluding hydrogens is 308 g/mol. The van der Waals surface area contributed by atoms with Gasteiger partial charge in [0, 0.05) is 31.6 Å². The molecule has 1 aromatic carbocycles. The number of carbonyl (C=O) groups is 2. The van der Waals surface area contributed by atoms with Gasteiger partial charge in [0.1, 0.15) is 11.4 Å². The first kappa shape index (κ1) is 18.1. The van der Waals surface area contributed by atoms with Gasteiger partial charge >= 0.3 is 6.09 Å². The van der Waals surface area contributed by atoms with E-state index in [2.05, 4.69) is 5.32 Å². The van der Waals surface area contributed by atoms with Crippen molar-refractivity contribution in [3.05, 3.63) is 29.8 Å². The van der Waals surface area contributed by atoms with Crippen LogP contribution in [0.4, 0.5) is 4.79 Å². The number of hydrogen-bond donors (Lipinski definition) is 1. The highest BCUT2D eigenvalue weighted by Crippen LogP contribution is 2.21. The SMILES string of the molecule is CNC(=O)c1ccc(OCC2CCN(C(=O)OC(C)(C)C)C2)cc1. The molecule has 1 atom stereocenters. The van der Waals surface area contributed by atoms with E-state index in [9.17, 15) is 9.59 Å². The summed E-state index contributed by atoms with van der Waals surface area (Å²) in [5.41, 5.74) is 0.125. The molecule has 24 heavy (non-hydrogen) atoms. The summed E-state index contributed by atoms with van der Waals surface area (Å²) in [6.45, 7) is 7.47. The fraction of sp³-hybridized carbons (Fsp3) is 0.556. The number of nitrogens with zero attached hydrogens (tertiary/aromatic N) is 1. The van der Waals surface area contributed by atoms with Crippen LogP contribution in [0.2, 0.25) is 0 Å². The van der Waals surface area contributed by atoms with Gasteiger partial charge in [-0.2, -0.15) is 0 Å². The summed E-state index contributed by atoms with van der Waals surface area (Å²) in [6.07, 6.45) is 0.634. The predicted octanol–water partition coefficient (Wildman–Crippen LogP) is 2.68. The van der Waals surface area contributed by atoms with E-state index in [-0.39, 0.29) is 17.9 Å². The van der Waals surface area contributed by atoms with Gasteiger partial charge in [0.15, 0.2) is 0 Å². The Morgan fingerprint density at radius 1 is 1.25 bits per heavy atom. The molecule has 1 aliphatic rings. The van der Waals surface area contributed by atoms with Crippen molar-refractivity contribution in [2.75, 3.05) is 26.7 Å². The number of carbonyl (C=O) groups excluding carboxylic acids is 2. The van der Waals surface area contributed by atoms with Gasteiger partial charge in [-0.1, -0.05) is 0 Å². The fourth-order valence-corrected chi connectivity index (χ4v) is 2.52. The monoisotopic (exact) mass is 334 g/mol. The van der Waals surface area contributed by atoms with Crippen LogP contribution in [0.1, 0.15) is 37.6 Å². The van der Waals surface area contributed by atoms with E-state index < -0.39 is 5.60 Å². The first-order chi connectivity index (χ1) is 11.3. The van der Waals surface area contributed by atoms with Crippen LogP contribution in [0.15, 0.2) is 24.3 Å². The molecule has 6 nitrogen and oxygen atoms in total. The van der Waals surface area contributed by atoms with Crippen LogP contribution in [0.25, 0.3) is 0 Å². The van der Waals surface area contributed by atoms with Crippen molar-refractivity contribution < 1.29 is 19.1 Å². The van der Waals surface area contributed by atoms with Gasteiger partial charge in [0.05, 0.1) is 6.61 Å². The third kappa shape index (κ3) is 5.15. The molecule has 2 rings (SSSR count). The molecule has 1 fully saturated rings. The Balaban J connectivity index is 1.79. The highest BCUT2D eigenvalue weighted by atomic mass is 16.6. The molecule has 2 amide bonds. The van der Waals surface area contributed by atoms with Crippen molar-refractivity contribution in [3.8, 4) is 5.75 Å². The zero-order chi connectivity index (χ0) is 17.7. The van der Waals surface area contributed by atoms with Crippen molar-refractivity contribution in [2.45, 2.75) is 32.8 Å². The second-order valence-electron chi connectivity index (χ2n) is 7.00. The minimum atomic E-state index is -0.474. The highest BCUT2D eigenvalue weighted by Gasteiger charge is 2.30. The molecule has 1 N–H and O–H groups in total. The Kier molecular flexibility index (Phi) is 5.70. The van der Waals surface area contributed by atoms with Crippen LogP contribution in [-0.4, -0.2) is 49.2 Å². The Morgan fingerprint density at radius 3 is 2.50 bits per heavy atom. The zero-order valence-corrected chi connectivity index (χ0v) is 14.8. The molecular formula is C18H26N2O4. The number of rotatable bonds is 4. The number of hydrogen-bond acceptors (Lipinski definition) is 4. The Bertz CT molecular complexity index is 578. The molecule has 1 aromatic rings. The van der Waals surface area contributed by atoms with Gasteiger partial charge in [0.25, 0.3) is 5.91 Å². The Labute approximate surface area is 143 Å². The average Bonchev–Trinajstić information content (AvgIpc) is 3.00. The van der Waals surface area contributed by atoms with Crippen molar-refractivity contribution in [2.24, 2.45) is 5.92 Å². The summed E-state index contributed by atoms with van der Waals surface area (Å²) in [7, 11) is 1.60. The van der Waals surface area contributed by atoms with E-state index >= 15 is 0 Å². The van der Waals surface area contributed by atoms with Crippen molar-refractivity contribution in [1.82, 2.24) is 10.2 Å². The molecule has 6 heteroatoms. The van der Waals surface area contributed by atoms with Gasteiger partial charge < -0.3 is 19.7 Å². The normalized spacial score (nSPS) is 17.5. The summed E-state index contributed by atoms with van der Waals surface area (Å²) in [4.78, 5) is 25.3. The fourth-order valence-electron chi connectivity index (χ4n) is 2.52. The van der Waals surface area contributed by atoms with E-state index in [0.717, 1.165) is 12.2 Å². The van der Waals surface area contributed by atoms with Crippen LogP contribution in [0.5, 0.6) is 5.75 Å². The quantitative estimate of drug-likeness (QED) is 0.919. The minimum absolute atomic E-state index is 0.120. The molecule has 0 spiro atoms. The van der Waals surface area contributed by atoms with Crippen LogP contribution in [0.3, 0.4) is 0 Å². The van der Waals surface area contributed by atoms with Crippen LogP contribution in [0, 0.1) is 5.92 Å². The van der Waals surface area contributed by atoms with Crippen molar-refractivity contribution >= 4 is 12.0 Å². The van der Waals surface area contributed by atoms with Crippen molar-refractivity contribution in [1.29, 1.82) is 0 Å². The lowest BCUT2D eigenvalue weighted by Crippen LogP contribution is -2.35. The van der Waals surface area contributed by atoms with E-state index in [4.69, 9.17) is 9.47 Å². The average molecular weight is 334 g/mol. The Hall–Kier alpha value is -2.24. The first-order valence-corrected chi connectivity index (χ1v) is 8.21. The third-order valence-corrected chi connectivity index (χ3v) is 3.77. The number of nitrogens with one attached hydrogen (secondary N) is 1. The standard InChI is InChI=1S/C18H26N2O4/c1-18(2,3)24-17(22)20-10-9-13(11-20)12-23-15-7-5-14(6-8-15)16(21)19-4/h5-8,13H,9-12H2,1-4H3,(H,19,21). The third-order valence-electron chi connectivity index (χ3n) is 3.77. The second kappa shape index (κ2) is 7.55. The number of amides is 2.